The zero-order valence-electron chi connectivity index (χ0n) is 39.5. The van der Waals surface area contributed by atoms with E-state index in [-0.39, 0.29) is 12.5 Å². The summed E-state index contributed by atoms with van der Waals surface area (Å²) in [6.07, 6.45) is 54.5. The molecule has 1 amide bonds. The topological polar surface area (TPSA) is 149 Å². The van der Waals surface area contributed by atoms with Crippen molar-refractivity contribution < 1.29 is 39.8 Å². The summed E-state index contributed by atoms with van der Waals surface area (Å²) in [4.78, 5) is 13.0. The van der Waals surface area contributed by atoms with E-state index in [0.29, 0.717) is 6.42 Å². The van der Waals surface area contributed by atoms with Gasteiger partial charge in [-0.3, -0.25) is 4.79 Å². The lowest BCUT2D eigenvalue weighted by Gasteiger charge is -2.40. The first-order valence-corrected chi connectivity index (χ1v) is 25.0. The van der Waals surface area contributed by atoms with Crippen LogP contribution < -0.4 is 5.32 Å². The second kappa shape index (κ2) is 43.0. The molecule has 0 aliphatic carbocycles. The van der Waals surface area contributed by atoms with Crippen LogP contribution in [0.3, 0.4) is 0 Å². The molecule has 0 saturated carbocycles. The lowest BCUT2D eigenvalue weighted by molar-refractivity contribution is -0.302. The van der Waals surface area contributed by atoms with Crippen LogP contribution in [-0.2, 0) is 14.3 Å². The molecule has 0 aromatic carbocycles. The summed E-state index contributed by atoms with van der Waals surface area (Å²) in [5, 5.41) is 54.3. The van der Waals surface area contributed by atoms with Crippen molar-refractivity contribution in [3.05, 3.63) is 97.2 Å². The number of allylic oxidation sites excluding steroid dienone is 15. The number of aliphatic hydroxyl groups excluding tert-OH is 5. The Labute approximate surface area is 383 Å². The molecule has 1 aliphatic rings. The molecular weight excluding hydrogens is 791 g/mol. The number of aliphatic hydroxyl groups is 5. The van der Waals surface area contributed by atoms with Crippen molar-refractivity contribution in [2.75, 3.05) is 13.2 Å². The molecule has 0 radical (unpaired) electrons. The third-order valence-corrected chi connectivity index (χ3v) is 11.1. The van der Waals surface area contributed by atoms with E-state index in [2.05, 4.69) is 104 Å². The highest BCUT2D eigenvalue weighted by molar-refractivity contribution is 5.76. The number of carbonyl (C=O) groups excluding carboxylic acids is 1. The van der Waals surface area contributed by atoms with Crippen LogP contribution in [0.4, 0.5) is 0 Å². The van der Waals surface area contributed by atoms with Crippen LogP contribution in [0, 0.1) is 0 Å². The van der Waals surface area contributed by atoms with Gasteiger partial charge in [0.2, 0.25) is 5.91 Å². The van der Waals surface area contributed by atoms with E-state index >= 15 is 0 Å². The number of amides is 1. The average molecular weight is 882 g/mol. The Morgan fingerprint density at radius 2 is 1.00 bits per heavy atom. The van der Waals surface area contributed by atoms with Crippen molar-refractivity contribution in [1.29, 1.82) is 0 Å². The van der Waals surface area contributed by atoms with Crippen molar-refractivity contribution >= 4 is 5.91 Å². The highest BCUT2D eigenvalue weighted by Crippen LogP contribution is 2.22. The predicted octanol–water partition coefficient (Wildman–Crippen LogP) is 11.3. The van der Waals surface area contributed by atoms with E-state index in [4.69, 9.17) is 9.47 Å². The van der Waals surface area contributed by atoms with Crippen molar-refractivity contribution in [3.63, 3.8) is 0 Å². The van der Waals surface area contributed by atoms with Crippen LogP contribution in [0.15, 0.2) is 97.2 Å². The number of rotatable bonds is 40. The largest absolute Gasteiger partial charge is 0.394 e. The van der Waals surface area contributed by atoms with Gasteiger partial charge in [-0.15, -0.1) is 0 Å². The van der Waals surface area contributed by atoms with Gasteiger partial charge >= 0.3 is 0 Å². The molecule has 1 fully saturated rings. The van der Waals surface area contributed by atoms with Gasteiger partial charge in [0.05, 0.1) is 25.4 Å². The Hall–Kier alpha value is -2.89. The zero-order chi connectivity index (χ0) is 45.9. The summed E-state index contributed by atoms with van der Waals surface area (Å²) in [6.45, 7) is 3.61. The van der Waals surface area contributed by atoms with Crippen LogP contribution in [-0.4, -0.2) is 87.5 Å². The second-order valence-corrected chi connectivity index (χ2v) is 16.9. The lowest BCUT2D eigenvalue weighted by atomic mass is 9.99. The molecule has 1 aliphatic heterocycles. The normalized spacial score (nSPS) is 21.0. The average Bonchev–Trinajstić information content (AvgIpc) is 3.28. The van der Waals surface area contributed by atoms with Crippen molar-refractivity contribution in [2.24, 2.45) is 0 Å². The van der Waals surface area contributed by atoms with Crippen LogP contribution in [0.2, 0.25) is 0 Å². The SMILES string of the molecule is CC/C=C\C/C=C\C/C=C\C/C=C\C/C=C\C/C=C\CCCCCCCCC(=O)NC(COC1OC(CO)C(O)C(O)C1O)C(O)/C=C/CC/C=C/CCCCCCCCCCC. The molecular formula is C54H91NO8. The Kier molecular flexibility index (Phi) is 39.7. The monoisotopic (exact) mass is 882 g/mol. The fourth-order valence-electron chi connectivity index (χ4n) is 7.17. The third-order valence-electron chi connectivity index (χ3n) is 11.1. The molecule has 63 heavy (non-hydrogen) atoms. The molecule has 7 atom stereocenters. The van der Waals surface area contributed by atoms with Crippen molar-refractivity contribution in [2.45, 2.75) is 224 Å². The second-order valence-electron chi connectivity index (χ2n) is 16.9. The molecule has 1 rings (SSSR count). The molecule has 360 valence electrons. The van der Waals surface area contributed by atoms with Crippen molar-refractivity contribution in [3.8, 4) is 0 Å². The molecule has 9 heteroatoms. The predicted molar refractivity (Wildman–Crippen MR) is 262 cm³/mol. The maximum atomic E-state index is 13.0. The van der Waals surface area contributed by atoms with E-state index in [1.165, 1.54) is 57.8 Å². The van der Waals surface area contributed by atoms with Crippen LogP contribution in [0.1, 0.15) is 181 Å². The Bertz CT molecular complexity index is 1300. The number of carbonyl (C=O) groups is 1. The number of unbranched alkanes of at least 4 members (excludes halogenated alkanes) is 16. The van der Waals surface area contributed by atoms with Gasteiger partial charge in [0, 0.05) is 6.42 Å². The van der Waals surface area contributed by atoms with Gasteiger partial charge < -0.3 is 40.3 Å². The highest BCUT2D eigenvalue weighted by atomic mass is 16.7. The lowest BCUT2D eigenvalue weighted by Crippen LogP contribution is -2.60. The first-order valence-electron chi connectivity index (χ1n) is 25.0. The van der Waals surface area contributed by atoms with E-state index < -0.39 is 49.5 Å². The minimum Gasteiger partial charge on any atom is -0.394 e. The van der Waals surface area contributed by atoms with Gasteiger partial charge in [0.1, 0.15) is 24.4 Å². The van der Waals surface area contributed by atoms with E-state index in [0.717, 1.165) is 103 Å². The number of nitrogens with one attached hydrogen (secondary N) is 1. The van der Waals surface area contributed by atoms with Gasteiger partial charge in [-0.1, -0.05) is 188 Å². The Morgan fingerprint density at radius 1 is 0.556 bits per heavy atom. The Balaban J connectivity index is 2.34. The van der Waals surface area contributed by atoms with Gasteiger partial charge in [-0.25, -0.2) is 0 Å². The first kappa shape index (κ1) is 58.1. The minimum absolute atomic E-state index is 0.207. The van der Waals surface area contributed by atoms with Gasteiger partial charge in [-0.2, -0.15) is 0 Å². The van der Waals surface area contributed by atoms with Gasteiger partial charge in [0.25, 0.3) is 0 Å². The maximum absolute atomic E-state index is 13.0. The van der Waals surface area contributed by atoms with E-state index in [1.807, 2.05) is 6.08 Å². The molecule has 1 saturated heterocycles. The summed E-state index contributed by atoms with van der Waals surface area (Å²) in [5.74, 6) is -0.207. The van der Waals surface area contributed by atoms with Crippen LogP contribution >= 0.6 is 0 Å². The molecule has 6 N–H and O–H groups in total. The molecule has 0 aromatic rings. The fourth-order valence-corrected chi connectivity index (χ4v) is 7.17. The molecule has 0 aromatic heterocycles. The zero-order valence-corrected chi connectivity index (χ0v) is 39.5. The van der Waals surface area contributed by atoms with Crippen LogP contribution in [0.5, 0.6) is 0 Å². The van der Waals surface area contributed by atoms with Crippen molar-refractivity contribution in [1.82, 2.24) is 5.32 Å². The van der Waals surface area contributed by atoms with Crippen LogP contribution in [0.25, 0.3) is 0 Å². The first-order chi connectivity index (χ1) is 30.8. The summed E-state index contributed by atoms with van der Waals surface area (Å²) < 4.78 is 11.2. The van der Waals surface area contributed by atoms with E-state index in [1.54, 1.807) is 6.08 Å². The third kappa shape index (κ3) is 33.3. The smallest absolute Gasteiger partial charge is 0.220 e. The number of ether oxygens (including phenoxy) is 2. The minimum atomic E-state index is -1.58. The Morgan fingerprint density at radius 3 is 1.52 bits per heavy atom. The van der Waals surface area contributed by atoms with Gasteiger partial charge in [0.15, 0.2) is 6.29 Å². The molecule has 9 nitrogen and oxygen atoms in total. The van der Waals surface area contributed by atoms with Gasteiger partial charge in [-0.05, 0) is 83.5 Å². The molecule has 0 bridgehead atoms. The summed E-state index contributed by atoms with van der Waals surface area (Å²) in [5.41, 5.74) is 0. The fraction of sp³-hybridized carbons (Fsp3) is 0.685. The summed E-state index contributed by atoms with van der Waals surface area (Å²) in [7, 11) is 0. The number of hydrogen-bond acceptors (Lipinski definition) is 8. The summed E-state index contributed by atoms with van der Waals surface area (Å²) >= 11 is 0. The molecule has 7 unspecified atom stereocenters. The maximum Gasteiger partial charge on any atom is 0.220 e. The van der Waals surface area contributed by atoms with E-state index in [9.17, 15) is 30.3 Å². The number of hydrogen-bond donors (Lipinski definition) is 6. The highest BCUT2D eigenvalue weighted by Gasteiger charge is 2.44. The quantitative estimate of drug-likeness (QED) is 0.0263. The summed E-state index contributed by atoms with van der Waals surface area (Å²) in [6, 6.07) is -0.836. The standard InChI is InChI=1S/C54H91NO8/c1-3-5-7-9-11-13-15-17-19-20-21-22-23-24-25-26-27-28-30-32-34-36-38-40-42-44-50(58)55-47(46-62-54-53(61)52(60)51(59)49(45-56)63-54)48(57)43-41-39-37-35-33-31-29-18-16-14-12-10-8-6-4-2/h5,7,11,13,17,19,21-22,24-25,27-28,33,35,41,43,47-49,51-54,56-57,59-61H,3-4,6,8-10,12,14-16,18,20,23,26,29-32,34,36-40,42,44-46H2,1-2H3,(H,55,58)/b7-5-,13-11-,19-17-,22-21-,25-24-,28-27-,35-33+,43-41+. The molecule has 0 spiro atoms. The molecule has 1 heterocycles.